The number of nitrogens with zero attached hydrogens (tertiary/aromatic N) is 3. The van der Waals surface area contributed by atoms with Crippen LogP contribution in [-0.2, 0) is 0 Å². The molecule has 0 aliphatic heterocycles. The van der Waals surface area contributed by atoms with Gasteiger partial charge >= 0.3 is 0 Å². The average molecular weight is 327 g/mol. The molecule has 1 aromatic heterocycles. The highest BCUT2D eigenvalue weighted by molar-refractivity contribution is 6.03. The monoisotopic (exact) mass is 327 g/mol. The Labute approximate surface area is 143 Å². The Hall–Kier alpha value is -2.63. The zero-order valence-corrected chi connectivity index (χ0v) is 15.1. The van der Waals surface area contributed by atoms with Crippen LogP contribution in [0.3, 0.4) is 0 Å². The summed E-state index contributed by atoms with van der Waals surface area (Å²) >= 11 is 0. The summed E-state index contributed by atoms with van der Waals surface area (Å²) < 4.78 is 0. The molecule has 2 N–H and O–H groups in total. The van der Waals surface area contributed by atoms with Gasteiger partial charge in [-0.2, -0.15) is 0 Å². The molecule has 128 valence electrons. The molecule has 0 saturated heterocycles. The quantitative estimate of drug-likeness (QED) is 0.901. The van der Waals surface area contributed by atoms with Crippen LogP contribution in [0.5, 0.6) is 0 Å². The Morgan fingerprint density at radius 2 is 1.71 bits per heavy atom. The molecule has 2 aromatic rings. The molecule has 1 aromatic carbocycles. The van der Waals surface area contributed by atoms with Crippen LogP contribution in [-0.4, -0.2) is 35.5 Å². The van der Waals surface area contributed by atoms with Crippen molar-refractivity contribution in [1.82, 2.24) is 9.97 Å². The van der Waals surface area contributed by atoms with E-state index in [9.17, 15) is 4.79 Å². The molecule has 0 saturated carbocycles. The van der Waals surface area contributed by atoms with Crippen molar-refractivity contribution in [2.45, 2.75) is 33.2 Å². The third kappa shape index (κ3) is 4.94. The lowest BCUT2D eigenvalue weighted by Gasteiger charge is -2.20. The Bertz CT molecular complexity index is 717. The van der Waals surface area contributed by atoms with Gasteiger partial charge in [0.1, 0.15) is 5.69 Å². The van der Waals surface area contributed by atoms with Gasteiger partial charge in [-0.3, -0.25) is 4.79 Å². The fourth-order valence-corrected chi connectivity index (χ4v) is 2.11. The van der Waals surface area contributed by atoms with E-state index in [1.165, 1.54) is 0 Å². The second-order valence-corrected chi connectivity index (χ2v) is 6.99. The number of carbonyl (C=O) groups excluding carboxylic acids is 1. The third-order valence-electron chi connectivity index (χ3n) is 3.22. The minimum Gasteiger partial charge on any atom is -0.378 e. The topological polar surface area (TPSA) is 70.2 Å². The Morgan fingerprint density at radius 3 is 2.25 bits per heavy atom. The minimum absolute atomic E-state index is 0.177. The highest BCUT2D eigenvalue weighted by atomic mass is 16.1. The van der Waals surface area contributed by atoms with Gasteiger partial charge in [0.05, 0.1) is 0 Å². The smallest absolute Gasteiger partial charge is 0.274 e. The zero-order chi connectivity index (χ0) is 17.9. The molecule has 6 heteroatoms. The molecule has 0 fully saturated rings. The highest BCUT2D eigenvalue weighted by Gasteiger charge is 2.15. The first kappa shape index (κ1) is 17.7. The van der Waals surface area contributed by atoms with Crippen molar-refractivity contribution in [3.63, 3.8) is 0 Å². The molecule has 24 heavy (non-hydrogen) atoms. The van der Waals surface area contributed by atoms with E-state index in [2.05, 4.69) is 20.6 Å². The Morgan fingerprint density at radius 1 is 1.08 bits per heavy atom. The number of anilines is 3. The number of carbonyl (C=O) groups is 1. The molecule has 6 nitrogen and oxygen atoms in total. The maximum Gasteiger partial charge on any atom is 0.274 e. The van der Waals surface area contributed by atoms with E-state index in [1.54, 1.807) is 6.07 Å². The van der Waals surface area contributed by atoms with Crippen molar-refractivity contribution in [2.75, 3.05) is 29.6 Å². The van der Waals surface area contributed by atoms with Gasteiger partial charge in [-0.05, 0) is 58.0 Å². The van der Waals surface area contributed by atoms with Crippen LogP contribution < -0.4 is 15.5 Å². The zero-order valence-electron chi connectivity index (χ0n) is 15.1. The third-order valence-corrected chi connectivity index (χ3v) is 3.22. The highest BCUT2D eigenvalue weighted by Crippen LogP contribution is 2.17. The van der Waals surface area contributed by atoms with Crippen molar-refractivity contribution in [1.29, 1.82) is 0 Å². The fraction of sp³-hybridized carbons (Fsp3) is 0.389. The lowest BCUT2D eigenvalue weighted by atomic mass is 10.1. The van der Waals surface area contributed by atoms with Gasteiger partial charge < -0.3 is 15.5 Å². The normalized spacial score (nSPS) is 11.1. The van der Waals surface area contributed by atoms with Crippen LogP contribution in [0.15, 0.2) is 30.3 Å². The van der Waals surface area contributed by atoms with Gasteiger partial charge in [0.15, 0.2) is 0 Å². The standard InChI is InChI=1S/C18H25N5O/c1-12-11-15(21-17(19-12)22-18(2,3)4)16(24)20-13-7-9-14(10-8-13)23(5)6/h7-11H,1-6H3,(H,20,24)(H,19,21,22). The SMILES string of the molecule is Cc1cc(C(=O)Nc2ccc(N(C)C)cc2)nc(NC(C)(C)C)n1. The first-order valence-electron chi connectivity index (χ1n) is 7.87. The minimum atomic E-state index is -0.255. The van der Waals surface area contributed by atoms with Crippen LogP contribution in [0.2, 0.25) is 0 Å². The number of benzene rings is 1. The molecule has 0 unspecified atom stereocenters. The molecule has 0 atom stereocenters. The fourth-order valence-electron chi connectivity index (χ4n) is 2.11. The number of nitrogens with one attached hydrogen (secondary N) is 2. The molecule has 0 spiro atoms. The number of aromatic nitrogens is 2. The number of aryl methyl sites for hydroxylation is 1. The van der Waals surface area contributed by atoms with Gasteiger partial charge in [-0.15, -0.1) is 0 Å². The van der Waals surface area contributed by atoms with Crippen LogP contribution in [0, 0.1) is 6.92 Å². The van der Waals surface area contributed by atoms with E-state index >= 15 is 0 Å². The number of hydrogen-bond acceptors (Lipinski definition) is 5. The Kier molecular flexibility index (Phi) is 5.07. The largest absolute Gasteiger partial charge is 0.378 e. The summed E-state index contributed by atoms with van der Waals surface area (Å²) in [6.45, 7) is 7.90. The summed E-state index contributed by atoms with van der Waals surface area (Å²) in [7, 11) is 3.95. The van der Waals surface area contributed by atoms with Gasteiger partial charge in [-0.1, -0.05) is 0 Å². The van der Waals surface area contributed by atoms with E-state index < -0.39 is 0 Å². The summed E-state index contributed by atoms with van der Waals surface area (Å²) in [6, 6.07) is 9.32. The molecule has 0 bridgehead atoms. The molecule has 1 amide bonds. The van der Waals surface area contributed by atoms with E-state index in [0.29, 0.717) is 11.6 Å². The van der Waals surface area contributed by atoms with Crippen molar-refractivity contribution < 1.29 is 4.79 Å². The van der Waals surface area contributed by atoms with Gasteiger partial charge in [0.2, 0.25) is 5.95 Å². The summed E-state index contributed by atoms with van der Waals surface area (Å²) in [5.74, 6) is 0.200. The second kappa shape index (κ2) is 6.86. The molecule has 1 heterocycles. The van der Waals surface area contributed by atoms with E-state index in [4.69, 9.17) is 0 Å². The van der Waals surface area contributed by atoms with Crippen molar-refractivity contribution in [3.8, 4) is 0 Å². The van der Waals surface area contributed by atoms with E-state index in [1.807, 2.05) is 71.0 Å². The first-order chi connectivity index (χ1) is 11.1. The molecule has 0 aliphatic rings. The lowest BCUT2D eigenvalue weighted by molar-refractivity contribution is 0.102. The molecular weight excluding hydrogens is 302 g/mol. The van der Waals surface area contributed by atoms with Crippen molar-refractivity contribution in [3.05, 3.63) is 41.7 Å². The molecular formula is C18H25N5O. The summed E-state index contributed by atoms with van der Waals surface area (Å²) in [6.07, 6.45) is 0. The van der Waals surface area contributed by atoms with Crippen LogP contribution in [0.1, 0.15) is 37.0 Å². The average Bonchev–Trinajstić information content (AvgIpc) is 2.45. The summed E-state index contributed by atoms with van der Waals surface area (Å²) in [5.41, 5.74) is 2.70. The lowest BCUT2D eigenvalue weighted by Crippen LogP contribution is -2.28. The number of amides is 1. The van der Waals surface area contributed by atoms with Crippen LogP contribution >= 0.6 is 0 Å². The van der Waals surface area contributed by atoms with Gasteiger partial charge in [0.25, 0.3) is 5.91 Å². The van der Waals surface area contributed by atoms with Crippen LogP contribution in [0.25, 0.3) is 0 Å². The van der Waals surface area contributed by atoms with Crippen LogP contribution in [0.4, 0.5) is 17.3 Å². The Balaban J connectivity index is 2.17. The van der Waals surface area contributed by atoms with E-state index in [-0.39, 0.29) is 11.4 Å². The van der Waals surface area contributed by atoms with Crippen molar-refractivity contribution >= 4 is 23.2 Å². The maximum atomic E-state index is 12.5. The molecule has 0 radical (unpaired) electrons. The number of rotatable bonds is 4. The number of hydrogen-bond donors (Lipinski definition) is 2. The maximum absolute atomic E-state index is 12.5. The predicted octanol–water partition coefficient (Wildman–Crippen LogP) is 3.31. The second-order valence-electron chi connectivity index (χ2n) is 6.99. The van der Waals surface area contributed by atoms with Crippen molar-refractivity contribution in [2.24, 2.45) is 0 Å². The van der Waals surface area contributed by atoms with Gasteiger partial charge in [0, 0.05) is 36.7 Å². The molecule has 0 aliphatic carbocycles. The van der Waals surface area contributed by atoms with Gasteiger partial charge in [-0.25, -0.2) is 9.97 Å². The van der Waals surface area contributed by atoms with E-state index in [0.717, 1.165) is 17.1 Å². The summed E-state index contributed by atoms with van der Waals surface area (Å²) in [5, 5.41) is 6.06. The molecule has 2 rings (SSSR count). The summed E-state index contributed by atoms with van der Waals surface area (Å²) in [4.78, 5) is 23.1. The first-order valence-corrected chi connectivity index (χ1v) is 7.87. The predicted molar refractivity (Wildman–Crippen MR) is 98.9 cm³/mol.